The minimum absolute atomic E-state index is 0.0375. The van der Waals surface area contributed by atoms with E-state index in [-0.39, 0.29) is 6.54 Å². The van der Waals surface area contributed by atoms with Crippen LogP contribution < -0.4 is 10.6 Å². The molecule has 5 heteroatoms. The molecule has 1 saturated heterocycles. The summed E-state index contributed by atoms with van der Waals surface area (Å²) in [4.78, 5) is 0. The first-order valence-corrected chi connectivity index (χ1v) is 7.08. The highest BCUT2D eigenvalue weighted by Crippen LogP contribution is 2.32. The molecule has 2 N–H and O–H groups in total. The highest BCUT2D eigenvalue weighted by molar-refractivity contribution is 4.89. The lowest BCUT2D eigenvalue weighted by Crippen LogP contribution is -2.52. The normalized spacial score (nSPS) is 33.2. The molecular formula is C13H23F3N2. The molecule has 1 aliphatic heterocycles. The average Bonchev–Trinajstić information content (AvgIpc) is 2.33. The van der Waals surface area contributed by atoms with Gasteiger partial charge in [-0.25, -0.2) is 0 Å². The summed E-state index contributed by atoms with van der Waals surface area (Å²) in [5.74, 6) is 0.810. The standard InChI is InChI=1S/C13H23F3N2/c14-13(15,16)7-8-17-9-11-6-5-10-3-1-2-4-12(10)18-11/h10-12,17-18H,1-9H2. The van der Waals surface area contributed by atoms with E-state index in [1.807, 2.05) is 0 Å². The molecule has 18 heavy (non-hydrogen) atoms. The molecule has 2 nitrogen and oxygen atoms in total. The molecule has 1 aliphatic carbocycles. The maximum Gasteiger partial charge on any atom is 0.390 e. The minimum Gasteiger partial charge on any atom is -0.315 e. The zero-order valence-electron chi connectivity index (χ0n) is 10.7. The van der Waals surface area contributed by atoms with Crippen LogP contribution in [0.4, 0.5) is 13.2 Å². The van der Waals surface area contributed by atoms with Crippen LogP contribution in [0.1, 0.15) is 44.9 Å². The summed E-state index contributed by atoms with van der Waals surface area (Å²) in [5, 5.41) is 6.53. The Morgan fingerprint density at radius 3 is 2.61 bits per heavy atom. The van der Waals surface area contributed by atoms with Gasteiger partial charge in [-0.15, -0.1) is 0 Å². The van der Waals surface area contributed by atoms with Gasteiger partial charge in [-0.3, -0.25) is 0 Å². The summed E-state index contributed by atoms with van der Waals surface area (Å²) in [6.45, 7) is 0.703. The molecule has 1 saturated carbocycles. The predicted molar refractivity (Wildman–Crippen MR) is 65.4 cm³/mol. The number of fused-ring (bicyclic) bond motifs is 1. The Bertz CT molecular complexity index is 255. The van der Waals surface area contributed by atoms with E-state index in [1.54, 1.807) is 0 Å². The van der Waals surface area contributed by atoms with Crippen LogP contribution in [-0.4, -0.2) is 31.3 Å². The second kappa shape index (κ2) is 6.24. The lowest BCUT2D eigenvalue weighted by atomic mass is 9.78. The van der Waals surface area contributed by atoms with Crippen molar-refractivity contribution >= 4 is 0 Å². The van der Waals surface area contributed by atoms with Crippen LogP contribution in [0.15, 0.2) is 0 Å². The fourth-order valence-electron chi connectivity index (χ4n) is 3.24. The highest BCUT2D eigenvalue weighted by Gasteiger charge is 2.31. The van der Waals surface area contributed by atoms with Crippen molar-refractivity contribution in [3.05, 3.63) is 0 Å². The number of alkyl halides is 3. The number of nitrogens with one attached hydrogen (secondary N) is 2. The molecule has 3 unspecified atom stereocenters. The van der Waals surface area contributed by atoms with E-state index >= 15 is 0 Å². The monoisotopic (exact) mass is 264 g/mol. The van der Waals surface area contributed by atoms with Crippen molar-refractivity contribution in [2.75, 3.05) is 13.1 Å². The Balaban J connectivity index is 1.62. The van der Waals surface area contributed by atoms with E-state index < -0.39 is 12.6 Å². The summed E-state index contributed by atoms with van der Waals surface area (Å²) >= 11 is 0. The fourth-order valence-corrected chi connectivity index (χ4v) is 3.24. The molecule has 0 amide bonds. The molecular weight excluding hydrogens is 241 g/mol. The number of hydrogen-bond acceptors (Lipinski definition) is 2. The van der Waals surface area contributed by atoms with Gasteiger partial charge in [-0.05, 0) is 31.6 Å². The van der Waals surface area contributed by atoms with Crippen LogP contribution in [0.3, 0.4) is 0 Å². The van der Waals surface area contributed by atoms with E-state index in [9.17, 15) is 13.2 Å². The number of hydrogen-bond donors (Lipinski definition) is 2. The van der Waals surface area contributed by atoms with Crippen molar-refractivity contribution in [3.63, 3.8) is 0 Å². The third-order valence-electron chi connectivity index (χ3n) is 4.22. The third-order valence-corrected chi connectivity index (χ3v) is 4.22. The molecule has 1 heterocycles. The van der Waals surface area contributed by atoms with Crippen LogP contribution >= 0.6 is 0 Å². The minimum atomic E-state index is -4.04. The van der Waals surface area contributed by atoms with Gasteiger partial charge in [0.05, 0.1) is 6.42 Å². The zero-order chi connectivity index (χ0) is 13.0. The molecule has 0 aromatic rings. The van der Waals surface area contributed by atoms with Gasteiger partial charge >= 0.3 is 6.18 Å². The summed E-state index contributed by atoms with van der Waals surface area (Å²) in [7, 11) is 0. The van der Waals surface area contributed by atoms with Gasteiger partial charge in [0, 0.05) is 25.2 Å². The average molecular weight is 264 g/mol. The zero-order valence-corrected chi connectivity index (χ0v) is 10.7. The molecule has 106 valence electrons. The Hall–Kier alpha value is -0.290. The van der Waals surface area contributed by atoms with Crippen molar-refractivity contribution in [1.82, 2.24) is 10.6 Å². The van der Waals surface area contributed by atoms with Gasteiger partial charge in [0.1, 0.15) is 0 Å². The second-order valence-electron chi connectivity index (χ2n) is 5.66. The van der Waals surface area contributed by atoms with E-state index in [4.69, 9.17) is 0 Å². The maximum absolute atomic E-state index is 12.0. The maximum atomic E-state index is 12.0. The molecule has 0 aromatic heterocycles. The van der Waals surface area contributed by atoms with Crippen LogP contribution in [0.25, 0.3) is 0 Å². The van der Waals surface area contributed by atoms with Gasteiger partial charge in [-0.1, -0.05) is 12.8 Å². The van der Waals surface area contributed by atoms with Crippen LogP contribution in [0.5, 0.6) is 0 Å². The van der Waals surface area contributed by atoms with E-state index in [0.717, 1.165) is 12.3 Å². The molecule has 0 spiro atoms. The summed E-state index contributed by atoms with van der Waals surface area (Å²) in [6, 6.07) is 0.972. The molecule has 3 atom stereocenters. The van der Waals surface area contributed by atoms with Crippen molar-refractivity contribution in [2.24, 2.45) is 5.92 Å². The fraction of sp³-hybridized carbons (Fsp3) is 1.00. The smallest absolute Gasteiger partial charge is 0.315 e. The van der Waals surface area contributed by atoms with Crippen LogP contribution in [0.2, 0.25) is 0 Å². The topological polar surface area (TPSA) is 24.1 Å². The predicted octanol–water partition coefficient (Wildman–Crippen LogP) is 2.84. The second-order valence-corrected chi connectivity index (χ2v) is 5.66. The van der Waals surface area contributed by atoms with Gasteiger partial charge in [0.15, 0.2) is 0 Å². The largest absolute Gasteiger partial charge is 0.390 e. The lowest BCUT2D eigenvalue weighted by molar-refractivity contribution is -0.133. The van der Waals surface area contributed by atoms with Gasteiger partial charge in [0.25, 0.3) is 0 Å². The quantitative estimate of drug-likeness (QED) is 0.763. The van der Waals surface area contributed by atoms with Gasteiger partial charge in [-0.2, -0.15) is 13.2 Å². The van der Waals surface area contributed by atoms with Gasteiger partial charge < -0.3 is 10.6 Å². The summed E-state index contributed by atoms with van der Waals surface area (Å²) in [5.41, 5.74) is 0. The Labute approximate surface area is 107 Å². The Kier molecular flexibility index (Phi) is 4.90. The molecule has 2 rings (SSSR count). The first-order chi connectivity index (χ1) is 8.54. The number of piperidine rings is 1. The van der Waals surface area contributed by atoms with Crippen LogP contribution in [-0.2, 0) is 0 Å². The van der Waals surface area contributed by atoms with E-state index in [1.165, 1.54) is 32.1 Å². The molecule has 0 bridgehead atoms. The van der Waals surface area contributed by atoms with Crippen molar-refractivity contribution < 1.29 is 13.2 Å². The van der Waals surface area contributed by atoms with E-state index in [2.05, 4.69) is 10.6 Å². The number of halogens is 3. The summed E-state index contributed by atoms with van der Waals surface area (Å²) < 4.78 is 36.0. The van der Waals surface area contributed by atoms with Gasteiger partial charge in [0.2, 0.25) is 0 Å². The molecule has 2 fully saturated rings. The molecule has 2 aliphatic rings. The van der Waals surface area contributed by atoms with Crippen molar-refractivity contribution in [2.45, 2.75) is 63.2 Å². The summed E-state index contributed by atoms with van der Waals surface area (Å²) in [6.07, 6.45) is 2.77. The first-order valence-electron chi connectivity index (χ1n) is 7.08. The van der Waals surface area contributed by atoms with Crippen molar-refractivity contribution in [3.8, 4) is 0 Å². The number of rotatable bonds is 4. The highest BCUT2D eigenvalue weighted by atomic mass is 19.4. The molecule has 0 aromatic carbocycles. The van der Waals surface area contributed by atoms with Crippen molar-refractivity contribution in [1.29, 1.82) is 0 Å². The Morgan fingerprint density at radius 1 is 1.06 bits per heavy atom. The molecule has 0 radical (unpaired) electrons. The SMILES string of the molecule is FC(F)(F)CCNCC1CCC2CCCCC2N1. The first kappa shape index (κ1) is 14.1. The lowest BCUT2D eigenvalue weighted by Gasteiger charge is -2.40. The third kappa shape index (κ3) is 4.43. The van der Waals surface area contributed by atoms with E-state index in [0.29, 0.717) is 18.6 Å². The van der Waals surface area contributed by atoms with Crippen LogP contribution in [0, 0.1) is 5.92 Å². The Morgan fingerprint density at radius 2 is 1.83 bits per heavy atom.